The largest absolute Gasteiger partial charge is 0.433 e. The van der Waals surface area contributed by atoms with Crippen molar-refractivity contribution in [3.05, 3.63) is 66.4 Å². The number of rotatable bonds is 1. The molecule has 0 atom stereocenters. The standard InChI is InChI=1S/C16H10F3N/c17-16(18,19)15-9-7-13-10-12(6-8-14(13)20-15)11-4-2-1-3-5-11/h1-10H. The number of pyridine rings is 1. The van der Waals surface area contributed by atoms with E-state index < -0.39 is 11.9 Å². The molecule has 3 aromatic rings. The van der Waals surface area contributed by atoms with E-state index in [0.29, 0.717) is 10.9 Å². The summed E-state index contributed by atoms with van der Waals surface area (Å²) in [5, 5.41) is 0.694. The van der Waals surface area contributed by atoms with Crippen LogP contribution in [0.2, 0.25) is 0 Å². The van der Waals surface area contributed by atoms with Gasteiger partial charge in [0.2, 0.25) is 0 Å². The molecule has 0 fully saturated rings. The fraction of sp³-hybridized carbons (Fsp3) is 0.0625. The van der Waals surface area contributed by atoms with E-state index >= 15 is 0 Å². The fourth-order valence-corrected chi connectivity index (χ4v) is 2.09. The summed E-state index contributed by atoms with van der Waals surface area (Å²) in [6.07, 6.45) is -4.41. The first-order chi connectivity index (χ1) is 9.54. The zero-order chi connectivity index (χ0) is 14.2. The number of fused-ring (bicyclic) bond motifs is 1. The van der Waals surface area contributed by atoms with E-state index in [-0.39, 0.29) is 0 Å². The lowest BCUT2D eigenvalue weighted by Crippen LogP contribution is -2.07. The molecule has 0 radical (unpaired) electrons. The lowest BCUT2D eigenvalue weighted by atomic mass is 10.0. The lowest BCUT2D eigenvalue weighted by Gasteiger charge is -2.08. The van der Waals surface area contributed by atoms with Gasteiger partial charge in [-0.25, -0.2) is 4.98 Å². The van der Waals surface area contributed by atoms with Crippen molar-refractivity contribution in [3.8, 4) is 11.1 Å². The molecule has 100 valence electrons. The van der Waals surface area contributed by atoms with Gasteiger partial charge in [-0.2, -0.15) is 13.2 Å². The van der Waals surface area contributed by atoms with Gasteiger partial charge in [0, 0.05) is 5.39 Å². The Hall–Kier alpha value is -2.36. The molecule has 2 aromatic carbocycles. The molecule has 0 aliphatic carbocycles. The van der Waals surface area contributed by atoms with Gasteiger partial charge < -0.3 is 0 Å². The second kappa shape index (κ2) is 4.63. The Kier molecular flexibility index (Phi) is 2.93. The highest BCUT2D eigenvalue weighted by molar-refractivity contribution is 5.84. The summed E-state index contributed by atoms with van der Waals surface area (Å²) in [6, 6.07) is 17.4. The van der Waals surface area contributed by atoms with Crippen molar-refractivity contribution in [3.63, 3.8) is 0 Å². The molecule has 0 saturated carbocycles. The topological polar surface area (TPSA) is 12.9 Å². The predicted octanol–water partition coefficient (Wildman–Crippen LogP) is 4.92. The van der Waals surface area contributed by atoms with Crippen molar-refractivity contribution in [2.45, 2.75) is 6.18 Å². The highest BCUT2D eigenvalue weighted by Gasteiger charge is 2.32. The Morgan fingerprint density at radius 2 is 1.50 bits per heavy atom. The summed E-state index contributed by atoms with van der Waals surface area (Å²) in [6.45, 7) is 0. The molecule has 1 nitrogen and oxygen atoms in total. The number of halogens is 3. The molecule has 0 unspecified atom stereocenters. The van der Waals surface area contributed by atoms with E-state index in [9.17, 15) is 13.2 Å². The van der Waals surface area contributed by atoms with Gasteiger partial charge in [-0.15, -0.1) is 0 Å². The van der Waals surface area contributed by atoms with Crippen LogP contribution in [0.3, 0.4) is 0 Å². The summed E-state index contributed by atoms with van der Waals surface area (Å²) >= 11 is 0. The van der Waals surface area contributed by atoms with Crippen molar-refractivity contribution >= 4 is 10.9 Å². The minimum absolute atomic E-state index is 0.347. The monoisotopic (exact) mass is 273 g/mol. The maximum absolute atomic E-state index is 12.6. The number of hydrogen-bond acceptors (Lipinski definition) is 1. The van der Waals surface area contributed by atoms with Gasteiger partial charge in [0.1, 0.15) is 5.69 Å². The predicted molar refractivity (Wildman–Crippen MR) is 72.2 cm³/mol. The van der Waals surface area contributed by atoms with E-state index in [1.165, 1.54) is 6.07 Å². The van der Waals surface area contributed by atoms with Crippen LogP contribution in [0.4, 0.5) is 13.2 Å². The van der Waals surface area contributed by atoms with E-state index in [2.05, 4.69) is 4.98 Å². The van der Waals surface area contributed by atoms with Crippen molar-refractivity contribution in [1.29, 1.82) is 0 Å². The van der Waals surface area contributed by atoms with Gasteiger partial charge in [0.15, 0.2) is 0 Å². The van der Waals surface area contributed by atoms with Gasteiger partial charge in [0.25, 0.3) is 0 Å². The minimum atomic E-state index is -4.41. The Morgan fingerprint density at radius 1 is 0.750 bits per heavy atom. The summed E-state index contributed by atoms with van der Waals surface area (Å²) in [7, 11) is 0. The van der Waals surface area contributed by atoms with Crippen molar-refractivity contribution in [1.82, 2.24) is 4.98 Å². The van der Waals surface area contributed by atoms with E-state index in [1.807, 2.05) is 36.4 Å². The van der Waals surface area contributed by atoms with Crippen LogP contribution in [0.5, 0.6) is 0 Å². The second-order valence-corrected chi connectivity index (χ2v) is 4.47. The van der Waals surface area contributed by atoms with Crippen LogP contribution in [-0.2, 0) is 6.18 Å². The van der Waals surface area contributed by atoms with Crippen LogP contribution < -0.4 is 0 Å². The number of aromatic nitrogens is 1. The molecular weight excluding hydrogens is 263 g/mol. The highest BCUT2D eigenvalue weighted by atomic mass is 19.4. The zero-order valence-corrected chi connectivity index (χ0v) is 10.4. The van der Waals surface area contributed by atoms with Crippen LogP contribution in [0.1, 0.15) is 5.69 Å². The van der Waals surface area contributed by atoms with Crippen LogP contribution in [0.25, 0.3) is 22.0 Å². The Labute approximate surface area is 113 Å². The average Bonchev–Trinajstić information content (AvgIpc) is 2.46. The molecule has 20 heavy (non-hydrogen) atoms. The first-order valence-corrected chi connectivity index (χ1v) is 6.07. The molecule has 0 N–H and O–H groups in total. The molecule has 0 bridgehead atoms. The highest BCUT2D eigenvalue weighted by Crippen LogP contribution is 2.30. The summed E-state index contributed by atoms with van der Waals surface area (Å²) < 4.78 is 37.8. The van der Waals surface area contributed by atoms with Crippen LogP contribution in [0.15, 0.2) is 60.7 Å². The smallest absolute Gasteiger partial charge is 0.243 e. The summed E-state index contributed by atoms with van der Waals surface area (Å²) in [5.74, 6) is 0. The quantitative estimate of drug-likeness (QED) is 0.613. The SMILES string of the molecule is FC(F)(F)c1ccc2cc(-c3ccccc3)ccc2n1. The van der Waals surface area contributed by atoms with Crippen LogP contribution >= 0.6 is 0 Å². The third-order valence-electron chi connectivity index (χ3n) is 3.09. The van der Waals surface area contributed by atoms with Gasteiger partial charge in [0.05, 0.1) is 5.52 Å². The van der Waals surface area contributed by atoms with Crippen molar-refractivity contribution < 1.29 is 13.2 Å². The van der Waals surface area contributed by atoms with E-state index in [0.717, 1.165) is 17.2 Å². The van der Waals surface area contributed by atoms with Crippen molar-refractivity contribution in [2.24, 2.45) is 0 Å². The normalized spacial score (nSPS) is 11.8. The first-order valence-electron chi connectivity index (χ1n) is 6.07. The molecule has 0 aliphatic rings. The Morgan fingerprint density at radius 3 is 2.20 bits per heavy atom. The van der Waals surface area contributed by atoms with E-state index in [4.69, 9.17) is 0 Å². The molecule has 1 aromatic heterocycles. The molecule has 1 heterocycles. The molecule has 0 saturated heterocycles. The van der Waals surface area contributed by atoms with Crippen LogP contribution in [0, 0.1) is 0 Å². The second-order valence-electron chi connectivity index (χ2n) is 4.47. The number of benzene rings is 2. The van der Waals surface area contributed by atoms with Crippen molar-refractivity contribution in [2.75, 3.05) is 0 Å². The zero-order valence-electron chi connectivity index (χ0n) is 10.4. The molecule has 0 aliphatic heterocycles. The Bertz CT molecular complexity index is 749. The fourth-order valence-electron chi connectivity index (χ4n) is 2.09. The van der Waals surface area contributed by atoms with Gasteiger partial charge in [-0.3, -0.25) is 0 Å². The lowest BCUT2D eigenvalue weighted by molar-refractivity contribution is -0.140. The minimum Gasteiger partial charge on any atom is -0.243 e. The molecular formula is C16H10F3N. The third-order valence-corrected chi connectivity index (χ3v) is 3.09. The van der Waals surface area contributed by atoms with E-state index in [1.54, 1.807) is 12.1 Å². The maximum Gasteiger partial charge on any atom is 0.433 e. The summed E-state index contributed by atoms with van der Waals surface area (Å²) in [5.41, 5.74) is 1.46. The average molecular weight is 273 g/mol. The number of nitrogens with zero attached hydrogens (tertiary/aromatic N) is 1. The van der Waals surface area contributed by atoms with Gasteiger partial charge >= 0.3 is 6.18 Å². The molecule has 4 heteroatoms. The number of alkyl halides is 3. The molecule has 0 spiro atoms. The first kappa shape index (κ1) is 12.7. The molecule has 0 amide bonds. The number of hydrogen-bond donors (Lipinski definition) is 0. The van der Waals surface area contributed by atoms with Gasteiger partial charge in [-0.1, -0.05) is 42.5 Å². The van der Waals surface area contributed by atoms with Gasteiger partial charge in [-0.05, 0) is 29.3 Å². The van der Waals surface area contributed by atoms with Crippen LogP contribution in [-0.4, -0.2) is 4.98 Å². The Balaban J connectivity index is 2.10. The molecule has 3 rings (SSSR count). The maximum atomic E-state index is 12.6. The third kappa shape index (κ3) is 2.37. The summed E-state index contributed by atoms with van der Waals surface area (Å²) in [4.78, 5) is 3.66.